The van der Waals surface area contributed by atoms with Crippen LogP contribution >= 0.6 is 23.1 Å². The molecular weight excluding hydrogens is 386 g/mol. The lowest BCUT2D eigenvalue weighted by Gasteiger charge is -2.02. The normalized spacial score (nSPS) is 19.0. The van der Waals surface area contributed by atoms with E-state index in [1.54, 1.807) is 17.5 Å². The van der Waals surface area contributed by atoms with E-state index in [1.807, 2.05) is 0 Å². The van der Waals surface area contributed by atoms with Crippen LogP contribution in [0.25, 0.3) is 0 Å². The number of thioether (sulfide) groups is 1. The zero-order chi connectivity index (χ0) is 17.9. The van der Waals surface area contributed by atoms with Crippen LogP contribution in [0.5, 0.6) is 0 Å². The molecule has 0 saturated carbocycles. The molecule has 2 aromatic rings. The average Bonchev–Trinajstić information content (AvgIpc) is 3.27. The topological polar surface area (TPSA) is 119 Å². The van der Waals surface area contributed by atoms with Gasteiger partial charge in [-0.2, -0.15) is 0 Å². The molecule has 1 aliphatic heterocycles. The SMILES string of the molecule is O=C(CSc1nnc(CC2CCS(=O)(=O)C2)o1)NC(=O)c1cccs1. The average molecular weight is 401 g/mol. The van der Waals surface area contributed by atoms with Crippen molar-refractivity contribution in [3.8, 4) is 0 Å². The lowest BCUT2D eigenvalue weighted by Crippen LogP contribution is -2.31. The molecule has 1 aliphatic rings. The molecule has 1 fully saturated rings. The molecule has 0 aliphatic carbocycles. The second-order valence-electron chi connectivity index (χ2n) is 5.58. The van der Waals surface area contributed by atoms with E-state index < -0.39 is 21.7 Å². The Labute approximate surface area is 152 Å². The maximum atomic E-state index is 11.8. The Morgan fingerprint density at radius 1 is 1.40 bits per heavy atom. The van der Waals surface area contributed by atoms with E-state index in [0.29, 0.717) is 23.6 Å². The highest BCUT2D eigenvalue weighted by molar-refractivity contribution is 7.99. The number of amides is 2. The lowest BCUT2D eigenvalue weighted by atomic mass is 10.1. The Kier molecular flexibility index (Phi) is 5.54. The van der Waals surface area contributed by atoms with Crippen molar-refractivity contribution in [1.29, 1.82) is 0 Å². The van der Waals surface area contributed by atoms with Crippen molar-refractivity contribution in [2.45, 2.75) is 18.1 Å². The largest absolute Gasteiger partial charge is 0.416 e. The second kappa shape index (κ2) is 7.67. The molecule has 1 unspecified atom stereocenters. The molecule has 1 atom stereocenters. The smallest absolute Gasteiger partial charge is 0.277 e. The van der Waals surface area contributed by atoms with E-state index in [-0.39, 0.29) is 28.4 Å². The molecule has 2 aromatic heterocycles. The van der Waals surface area contributed by atoms with Gasteiger partial charge >= 0.3 is 0 Å². The van der Waals surface area contributed by atoms with Crippen LogP contribution in [0.1, 0.15) is 22.0 Å². The number of nitrogens with zero attached hydrogens (tertiary/aromatic N) is 2. The first-order valence-electron chi connectivity index (χ1n) is 7.44. The first-order valence-corrected chi connectivity index (χ1v) is 11.1. The van der Waals surface area contributed by atoms with Crippen molar-refractivity contribution >= 4 is 44.8 Å². The highest BCUT2D eigenvalue weighted by Crippen LogP contribution is 2.24. The number of rotatable bonds is 6. The minimum atomic E-state index is -2.94. The van der Waals surface area contributed by atoms with Gasteiger partial charge in [-0.25, -0.2) is 8.42 Å². The fraction of sp³-hybridized carbons (Fsp3) is 0.429. The summed E-state index contributed by atoms with van der Waals surface area (Å²) in [5.74, 6) is -0.220. The summed E-state index contributed by atoms with van der Waals surface area (Å²) in [7, 11) is -2.94. The number of imide groups is 1. The number of hydrogen-bond donors (Lipinski definition) is 1. The highest BCUT2D eigenvalue weighted by Gasteiger charge is 2.29. The van der Waals surface area contributed by atoms with E-state index in [1.165, 1.54) is 11.3 Å². The van der Waals surface area contributed by atoms with Crippen LogP contribution in [0, 0.1) is 5.92 Å². The van der Waals surface area contributed by atoms with Crippen LogP contribution in [0.4, 0.5) is 0 Å². The zero-order valence-corrected chi connectivity index (χ0v) is 15.5. The van der Waals surface area contributed by atoms with Crippen LogP contribution in [-0.2, 0) is 21.1 Å². The monoisotopic (exact) mass is 401 g/mol. The molecule has 2 amide bonds. The summed E-state index contributed by atoms with van der Waals surface area (Å²) in [6, 6.07) is 3.36. The molecule has 1 saturated heterocycles. The quantitative estimate of drug-likeness (QED) is 0.716. The van der Waals surface area contributed by atoms with Gasteiger partial charge in [0, 0.05) is 6.42 Å². The van der Waals surface area contributed by atoms with Crippen LogP contribution in [0.2, 0.25) is 0 Å². The molecule has 0 spiro atoms. The number of carbonyl (C=O) groups is 2. The van der Waals surface area contributed by atoms with Gasteiger partial charge in [-0.1, -0.05) is 17.8 Å². The first kappa shape index (κ1) is 18.1. The van der Waals surface area contributed by atoms with E-state index >= 15 is 0 Å². The van der Waals surface area contributed by atoms with E-state index in [4.69, 9.17) is 4.42 Å². The Hall–Kier alpha value is -1.72. The molecule has 25 heavy (non-hydrogen) atoms. The van der Waals surface area contributed by atoms with Crippen molar-refractivity contribution in [3.05, 3.63) is 28.3 Å². The van der Waals surface area contributed by atoms with Gasteiger partial charge in [0.15, 0.2) is 9.84 Å². The summed E-state index contributed by atoms with van der Waals surface area (Å²) in [5, 5.41) is 12.0. The van der Waals surface area contributed by atoms with Crippen LogP contribution in [0.15, 0.2) is 27.2 Å². The van der Waals surface area contributed by atoms with Gasteiger partial charge < -0.3 is 4.42 Å². The third-order valence-electron chi connectivity index (χ3n) is 3.56. The summed E-state index contributed by atoms with van der Waals surface area (Å²) in [6.45, 7) is 0. The molecule has 0 bridgehead atoms. The van der Waals surface area contributed by atoms with Gasteiger partial charge in [-0.3, -0.25) is 14.9 Å². The molecule has 3 rings (SSSR count). The van der Waals surface area contributed by atoms with Crippen LogP contribution < -0.4 is 5.32 Å². The number of sulfone groups is 1. The van der Waals surface area contributed by atoms with Crippen molar-refractivity contribution in [2.24, 2.45) is 5.92 Å². The Balaban J connectivity index is 1.45. The second-order valence-corrected chi connectivity index (χ2v) is 9.68. The Bertz CT molecular complexity index is 860. The van der Waals surface area contributed by atoms with Gasteiger partial charge in [0.2, 0.25) is 11.8 Å². The minimum Gasteiger partial charge on any atom is -0.416 e. The Morgan fingerprint density at radius 3 is 2.92 bits per heavy atom. The number of aromatic nitrogens is 2. The van der Waals surface area contributed by atoms with Crippen molar-refractivity contribution in [2.75, 3.05) is 17.3 Å². The summed E-state index contributed by atoms with van der Waals surface area (Å²) < 4.78 is 28.3. The van der Waals surface area contributed by atoms with Crippen molar-refractivity contribution in [1.82, 2.24) is 15.5 Å². The third-order valence-corrected chi connectivity index (χ3v) is 7.09. The van der Waals surface area contributed by atoms with Gasteiger partial charge in [0.1, 0.15) is 0 Å². The van der Waals surface area contributed by atoms with Gasteiger partial charge in [-0.15, -0.1) is 21.5 Å². The summed E-state index contributed by atoms with van der Waals surface area (Å²) in [4.78, 5) is 24.0. The fourth-order valence-electron chi connectivity index (χ4n) is 2.42. The molecule has 11 heteroatoms. The molecule has 8 nitrogen and oxygen atoms in total. The summed E-state index contributed by atoms with van der Waals surface area (Å²) >= 11 is 2.28. The predicted octanol–water partition coefficient (Wildman–Crippen LogP) is 1.16. The van der Waals surface area contributed by atoms with Crippen LogP contribution in [-0.4, -0.2) is 47.7 Å². The highest BCUT2D eigenvalue weighted by atomic mass is 32.2. The van der Waals surface area contributed by atoms with Crippen molar-refractivity contribution < 1.29 is 22.4 Å². The van der Waals surface area contributed by atoms with Gasteiger partial charge in [0.25, 0.3) is 11.1 Å². The zero-order valence-electron chi connectivity index (χ0n) is 13.0. The summed E-state index contributed by atoms with van der Waals surface area (Å²) in [6.07, 6.45) is 1.01. The molecular formula is C14H15N3O5S3. The van der Waals surface area contributed by atoms with E-state index in [0.717, 1.165) is 11.8 Å². The first-order chi connectivity index (χ1) is 11.9. The van der Waals surface area contributed by atoms with Crippen LogP contribution in [0.3, 0.4) is 0 Å². The van der Waals surface area contributed by atoms with Crippen molar-refractivity contribution in [3.63, 3.8) is 0 Å². The molecule has 134 valence electrons. The Morgan fingerprint density at radius 2 is 2.24 bits per heavy atom. The van der Waals surface area contributed by atoms with Gasteiger partial charge in [-0.05, 0) is 23.8 Å². The molecule has 0 radical (unpaired) electrons. The summed E-state index contributed by atoms with van der Waals surface area (Å²) in [5.41, 5.74) is 0. The maximum Gasteiger partial charge on any atom is 0.277 e. The predicted molar refractivity (Wildman–Crippen MR) is 92.3 cm³/mol. The fourth-order valence-corrected chi connectivity index (χ4v) is 5.48. The minimum absolute atomic E-state index is 0.00461. The van der Waals surface area contributed by atoms with E-state index in [9.17, 15) is 18.0 Å². The molecule has 1 N–H and O–H groups in total. The molecule has 0 aromatic carbocycles. The maximum absolute atomic E-state index is 11.8. The third kappa shape index (κ3) is 5.13. The van der Waals surface area contributed by atoms with E-state index in [2.05, 4.69) is 15.5 Å². The number of hydrogen-bond acceptors (Lipinski definition) is 9. The number of nitrogens with one attached hydrogen (secondary N) is 1. The lowest BCUT2D eigenvalue weighted by molar-refractivity contribution is -0.117. The number of thiophene rings is 1. The molecule has 3 heterocycles. The van der Waals surface area contributed by atoms with Gasteiger partial charge in [0.05, 0.1) is 22.1 Å². The number of carbonyl (C=O) groups excluding carboxylic acids is 2. The standard InChI is InChI=1S/C14H15N3O5S3/c18-11(15-13(19)10-2-1-4-23-10)7-24-14-17-16-12(22-14)6-9-3-5-25(20,21)8-9/h1-2,4,9H,3,5-8H2,(H,15,18,19).